The largest absolute Gasteiger partial charge is 0.393 e. The van der Waals surface area contributed by atoms with E-state index in [0.717, 1.165) is 18.7 Å². The van der Waals surface area contributed by atoms with Gasteiger partial charge in [0, 0.05) is 19.5 Å². The van der Waals surface area contributed by atoms with E-state index >= 15 is 0 Å². The molecule has 6 heteroatoms. The number of aliphatic hydroxyl groups excluding tert-OH is 1. The second-order valence-electron chi connectivity index (χ2n) is 5.38. The molecule has 6 nitrogen and oxygen atoms in total. The van der Waals surface area contributed by atoms with Gasteiger partial charge in [0.25, 0.3) is 5.91 Å². The Hall–Kier alpha value is -1.43. The number of hydrogen-bond donors (Lipinski definition) is 2. The molecule has 18 heavy (non-hydrogen) atoms. The van der Waals surface area contributed by atoms with Gasteiger partial charge < -0.3 is 10.0 Å². The van der Waals surface area contributed by atoms with Gasteiger partial charge in [-0.15, -0.1) is 5.10 Å². The summed E-state index contributed by atoms with van der Waals surface area (Å²) < 4.78 is 0. The van der Waals surface area contributed by atoms with E-state index in [4.69, 9.17) is 0 Å². The fraction of sp³-hybridized carbons (Fsp3) is 0.750. The number of carbonyl (C=O) groups excluding carboxylic acids is 1. The zero-order chi connectivity index (χ0) is 13.3. The molecule has 1 fully saturated rings. The summed E-state index contributed by atoms with van der Waals surface area (Å²) in [6.07, 6.45) is 1.38. The molecule has 1 aromatic rings. The molecule has 0 bridgehead atoms. The smallest absolute Gasteiger partial charge is 0.293 e. The van der Waals surface area contributed by atoms with Crippen molar-refractivity contribution in [3.63, 3.8) is 0 Å². The van der Waals surface area contributed by atoms with Crippen molar-refractivity contribution in [2.24, 2.45) is 5.92 Å². The summed E-state index contributed by atoms with van der Waals surface area (Å²) in [7, 11) is 1.75. The predicted molar refractivity (Wildman–Crippen MR) is 66.2 cm³/mol. The summed E-state index contributed by atoms with van der Waals surface area (Å²) in [6.45, 7) is 4.64. The topological polar surface area (TPSA) is 82.1 Å². The second-order valence-corrected chi connectivity index (χ2v) is 5.38. The lowest BCUT2D eigenvalue weighted by atomic mass is 9.82. The van der Waals surface area contributed by atoms with Crippen LogP contribution in [0, 0.1) is 5.92 Å². The fourth-order valence-corrected chi connectivity index (χ4v) is 2.12. The van der Waals surface area contributed by atoms with Gasteiger partial charge in [0.1, 0.15) is 5.82 Å². The molecule has 0 spiro atoms. The molecule has 2 N–H and O–H groups in total. The first-order valence-electron chi connectivity index (χ1n) is 6.33. The van der Waals surface area contributed by atoms with E-state index < -0.39 is 0 Å². The molecule has 1 aliphatic carbocycles. The summed E-state index contributed by atoms with van der Waals surface area (Å²) in [5, 5.41) is 15.9. The SMILES string of the molecule is CC(C)c1nc(C(=O)N(C)CC2CC(O)C2)n[nH]1. The van der Waals surface area contributed by atoms with E-state index in [0.29, 0.717) is 12.5 Å². The van der Waals surface area contributed by atoms with Gasteiger partial charge >= 0.3 is 0 Å². The Labute approximate surface area is 106 Å². The van der Waals surface area contributed by atoms with Crippen LogP contribution in [0.2, 0.25) is 0 Å². The highest BCUT2D eigenvalue weighted by Crippen LogP contribution is 2.27. The molecule has 0 aliphatic heterocycles. The molecule has 1 amide bonds. The van der Waals surface area contributed by atoms with E-state index in [2.05, 4.69) is 15.2 Å². The Kier molecular flexibility index (Phi) is 3.65. The van der Waals surface area contributed by atoms with Crippen LogP contribution in [-0.4, -0.2) is 50.8 Å². The number of aromatic amines is 1. The molecule has 1 heterocycles. The Morgan fingerprint density at radius 1 is 1.56 bits per heavy atom. The van der Waals surface area contributed by atoms with Crippen LogP contribution in [0.3, 0.4) is 0 Å². The lowest BCUT2D eigenvalue weighted by Crippen LogP contribution is -2.39. The van der Waals surface area contributed by atoms with Crippen molar-refractivity contribution in [1.82, 2.24) is 20.1 Å². The lowest BCUT2D eigenvalue weighted by Gasteiger charge is -2.34. The van der Waals surface area contributed by atoms with Crippen LogP contribution in [0.25, 0.3) is 0 Å². The van der Waals surface area contributed by atoms with E-state index in [1.807, 2.05) is 13.8 Å². The number of nitrogens with zero attached hydrogens (tertiary/aromatic N) is 3. The quantitative estimate of drug-likeness (QED) is 0.829. The number of aromatic nitrogens is 3. The Morgan fingerprint density at radius 2 is 2.22 bits per heavy atom. The summed E-state index contributed by atoms with van der Waals surface area (Å²) in [6, 6.07) is 0. The summed E-state index contributed by atoms with van der Waals surface area (Å²) in [5.41, 5.74) is 0. The summed E-state index contributed by atoms with van der Waals surface area (Å²) in [5.74, 6) is 1.41. The molecule has 100 valence electrons. The minimum Gasteiger partial charge on any atom is -0.393 e. The van der Waals surface area contributed by atoms with Gasteiger partial charge in [0.05, 0.1) is 6.10 Å². The molecular formula is C12H20N4O2. The normalized spacial score (nSPS) is 22.9. The Bertz CT molecular complexity index is 423. The number of H-pyrrole nitrogens is 1. The van der Waals surface area contributed by atoms with Crippen molar-refractivity contribution in [1.29, 1.82) is 0 Å². The maximum absolute atomic E-state index is 12.1. The van der Waals surface area contributed by atoms with Crippen molar-refractivity contribution in [3.8, 4) is 0 Å². The second kappa shape index (κ2) is 5.06. The van der Waals surface area contributed by atoms with Gasteiger partial charge in [0.15, 0.2) is 0 Å². The third kappa shape index (κ3) is 2.69. The van der Waals surface area contributed by atoms with E-state index in [-0.39, 0.29) is 23.8 Å². The van der Waals surface area contributed by atoms with Crippen LogP contribution in [0.5, 0.6) is 0 Å². The molecule has 0 atom stereocenters. The van der Waals surface area contributed by atoms with Gasteiger partial charge in [-0.1, -0.05) is 13.8 Å². The van der Waals surface area contributed by atoms with Gasteiger partial charge in [-0.05, 0) is 18.8 Å². The van der Waals surface area contributed by atoms with Gasteiger partial charge in [0.2, 0.25) is 5.82 Å². The molecule has 0 radical (unpaired) electrons. The first-order valence-corrected chi connectivity index (χ1v) is 6.33. The molecule has 1 saturated carbocycles. The van der Waals surface area contributed by atoms with Crippen LogP contribution in [0.4, 0.5) is 0 Å². The highest BCUT2D eigenvalue weighted by Gasteiger charge is 2.30. The Morgan fingerprint density at radius 3 is 2.72 bits per heavy atom. The van der Waals surface area contributed by atoms with Crippen LogP contribution >= 0.6 is 0 Å². The maximum Gasteiger partial charge on any atom is 0.293 e. The van der Waals surface area contributed by atoms with Crippen LogP contribution in [0.1, 0.15) is 49.1 Å². The fourth-order valence-electron chi connectivity index (χ4n) is 2.12. The molecule has 0 aromatic carbocycles. The minimum absolute atomic E-state index is 0.167. The first-order chi connectivity index (χ1) is 8.47. The predicted octanol–water partition coefficient (Wildman–Crippen LogP) is 0.771. The number of nitrogens with one attached hydrogen (secondary N) is 1. The third-order valence-electron chi connectivity index (χ3n) is 3.33. The lowest BCUT2D eigenvalue weighted by molar-refractivity contribution is 0.0262. The molecule has 2 rings (SSSR count). The zero-order valence-electron chi connectivity index (χ0n) is 11.1. The van der Waals surface area contributed by atoms with Gasteiger partial charge in [-0.25, -0.2) is 4.98 Å². The minimum atomic E-state index is -0.186. The summed E-state index contributed by atoms with van der Waals surface area (Å²) >= 11 is 0. The van der Waals surface area contributed by atoms with Crippen molar-refractivity contribution in [2.45, 2.75) is 38.7 Å². The van der Waals surface area contributed by atoms with Crippen LogP contribution in [0.15, 0.2) is 0 Å². The van der Waals surface area contributed by atoms with Crippen LogP contribution in [-0.2, 0) is 0 Å². The molecular weight excluding hydrogens is 232 g/mol. The Balaban J connectivity index is 1.92. The zero-order valence-corrected chi connectivity index (χ0v) is 11.1. The average Bonchev–Trinajstić information content (AvgIpc) is 2.75. The molecule has 0 saturated heterocycles. The van der Waals surface area contributed by atoms with E-state index in [1.165, 1.54) is 0 Å². The van der Waals surface area contributed by atoms with Gasteiger partial charge in [-0.2, -0.15) is 0 Å². The number of rotatable bonds is 4. The molecule has 1 aromatic heterocycles. The van der Waals surface area contributed by atoms with Crippen molar-refractivity contribution >= 4 is 5.91 Å². The molecule has 1 aliphatic rings. The van der Waals surface area contributed by atoms with Gasteiger partial charge in [-0.3, -0.25) is 9.89 Å². The number of carbonyl (C=O) groups is 1. The maximum atomic E-state index is 12.1. The first kappa shape index (κ1) is 13.0. The highest BCUT2D eigenvalue weighted by molar-refractivity contribution is 5.90. The number of aliphatic hydroxyl groups is 1. The van der Waals surface area contributed by atoms with Crippen molar-refractivity contribution < 1.29 is 9.90 Å². The van der Waals surface area contributed by atoms with Crippen molar-refractivity contribution in [3.05, 3.63) is 11.6 Å². The highest BCUT2D eigenvalue weighted by atomic mass is 16.3. The van der Waals surface area contributed by atoms with Crippen molar-refractivity contribution in [2.75, 3.05) is 13.6 Å². The average molecular weight is 252 g/mol. The number of amides is 1. The van der Waals surface area contributed by atoms with E-state index in [9.17, 15) is 9.90 Å². The monoisotopic (exact) mass is 252 g/mol. The molecule has 0 unspecified atom stereocenters. The third-order valence-corrected chi connectivity index (χ3v) is 3.33. The van der Waals surface area contributed by atoms with E-state index in [1.54, 1.807) is 11.9 Å². The number of hydrogen-bond acceptors (Lipinski definition) is 4. The summed E-state index contributed by atoms with van der Waals surface area (Å²) in [4.78, 5) is 17.9. The van der Waals surface area contributed by atoms with Crippen LogP contribution < -0.4 is 0 Å². The standard InChI is InChI=1S/C12H20N4O2/c1-7(2)10-13-11(15-14-10)12(18)16(3)6-8-4-9(17)5-8/h7-9,17H,4-6H2,1-3H3,(H,13,14,15).